The average Bonchev–Trinajstić information content (AvgIpc) is 3.10. The van der Waals surface area contributed by atoms with Gasteiger partial charge in [0, 0.05) is 5.69 Å². The quantitative estimate of drug-likeness (QED) is 0.752. The lowest BCUT2D eigenvalue weighted by Crippen LogP contribution is -2.12. The summed E-state index contributed by atoms with van der Waals surface area (Å²) >= 11 is 1.20. The molecule has 0 spiro atoms. The van der Waals surface area contributed by atoms with Gasteiger partial charge in [0.05, 0.1) is 10.6 Å². The standard InChI is InChI=1S/C16H17N3O2S2/c1-10-4-5-13(11(2)8-10)19-23(20,21)16-7-6-15(22-16)14-9-12(3)17-18-14/h4-9,19H,1-3H3,(H,17,18). The fourth-order valence-corrected chi connectivity index (χ4v) is 4.67. The lowest BCUT2D eigenvalue weighted by atomic mass is 10.1. The molecule has 3 aromatic rings. The zero-order chi connectivity index (χ0) is 16.6. The summed E-state index contributed by atoms with van der Waals surface area (Å²) in [6.07, 6.45) is 0. The van der Waals surface area contributed by atoms with Gasteiger partial charge in [-0.15, -0.1) is 11.3 Å². The molecule has 7 heteroatoms. The van der Waals surface area contributed by atoms with Crippen LogP contribution >= 0.6 is 11.3 Å². The van der Waals surface area contributed by atoms with Crippen LogP contribution in [0.1, 0.15) is 16.8 Å². The Morgan fingerprint density at radius 3 is 2.52 bits per heavy atom. The van der Waals surface area contributed by atoms with Crippen LogP contribution in [0.25, 0.3) is 10.6 Å². The number of rotatable bonds is 4. The van der Waals surface area contributed by atoms with E-state index in [9.17, 15) is 8.42 Å². The van der Waals surface area contributed by atoms with E-state index in [1.54, 1.807) is 18.2 Å². The molecule has 0 amide bonds. The zero-order valence-electron chi connectivity index (χ0n) is 13.0. The Morgan fingerprint density at radius 1 is 1.09 bits per heavy atom. The van der Waals surface area contributed by atoms with Crippen molar-refractivity contribution in [2.75, 3.05) is 4.72 Å². The van der Waals surface area contributed by atoms with E-state index in [1.807, 2.05) is 39.0 Å². The molecule has 2 heterocycles. The number of benzene rings is 1. The van der Waals surface area contributed by atoms with E-state index in [-0.39, 0.29) is 4.21 Å². The number of aryl methyl sites for hydroxylation is 3. The first kappa shape index (κ1) is 15.8. The second-order valence-electron chi connectivity index (χ2n) is 5.48. The lowest BCUT2D eigenvalue weighted by molar-refractivity contribution is 0.603. The van der Waals surface area contributed by atoms with Crippen molar-refractivity contribution >= 4 is 27.0 Å². The molecule has 0 aliphatic carbocycles. The Kier molecular flexibility index (Phi) is 3.99. The smallest absolute Gasteiger partial charge is 0.271 e. The molecule has 0 unspecified atom stereocenters. The Bertz CT molecular complexity index is 955. The topological polar surface area (TPSA) is 74.8 Å². The van der Waals surface area contributed by atoms with E-state index in [1.165, 1.54) is 11.3 Å². The fourth-order valence-electron chi connectivity index (χ4n) is 2.27. The summed E-state index contributed by atoms with van der Waals surface area (Å²) in [5.41, 5.74) is 4.28. The van der Waals surface area contributed by atoms with Gasteiger partial charge in [0.2, 0.25) is 0 Å². The summed E-state index contributed by atoms with van der Waals surface area (Å²) < 4.78 is 28.0. The number of aromatic amines is 1. The molecule has 120 valence electrons. The van der Waals surface area contributed by atoms with E-state index >= 15 is 0 Å². The van der Waals surface area contributed by atoms with Crippen LogP contribution in [0.3, 0.4) is 0 Å². The van der Waals surface area contributed by atoms with Gasteiger partial charge < -0.3 is 0 Å². The van der Waals surface area contributed by atoms with Crippen molar-refractivity contribution in [1.29, 1.82) is 0 Å². The fraction of sp³-hybridized carbons (Fsp3) is 0.188. The summed E-state index contributed by atoms with van der Waals surface area (Å²) in [5.74, 6) is 0. The zero-order valence-corrected chi connectivity index (χ0v) is 14.7. The van der Waals surface area contributed by atoms with Gasteiger partial charge in [-0.05, 0) is 50.6 Å². The molecule has 3 rings (SSSR count). The largest absolute Gasteiger partial charge is 0.282 e. The minimum absolute atomic E-state index is 0.271. The van der Waals surface area contributed by atoms with Crippen LogP contribution in [0.15, 0.2) is 40.6 Å². The summed E-state index contributed by atoms with van der Waals surface area (Å²) in [4.78, 5) is 0.815. The normalized spacial score (nSPS) is 11.6. The van der Waals surface area contributed by atoms with Crippen LogP contribution in [0.2, 0.25) is 0 Å². The van der Waals surface area contributed by atoms with Crippen molar-refractivity contribution in [1.82, 2.24) is 10.2 Å². The van der Waals surface area contributed by atoms with E-state index in [2.05, 4.69) is 14.9 Å². The minimum atomic E-state index is -3.60. The average molecular weight is 347 g/mol. The minimum Gasteiger partial charge on any atom is -0.282 e. The van der Waals surface area contributed by atoms with Crippen molar-refractivity contribution < 1.29 is 8.42 Å². The summed E-state index contributed by atoms with van der Waals surface area (Å²) in [6, 6.07) is 10.9. The number of thiophene rings is 1. The van der Waals surface area contributed by atoms with E-state index < -0.39 is 10.0 Å². The van der Waals surface area contributed by atoms with Gasteiger partial charge in [-0.25, -0.2) is 8.42 Å². The third-order valence-electron chi connectivity index (χ3n) is 3.43. The summed E-state index contributed by atoms with van der Waals surface area (Å²) in [7, 11) is -3.60. The van der Waals surface area contributed by atoms with Gasteiger partial charge in [-0.2, -0.15) is 5.10 Å². The molecular formula is C16H17N3O2S2. The molecule has 0 bridgehead atoms. The molecule has 0 saturated carbocycles. The van der Waals surface area contributed by atoms with Gasteiger partial charge in [-0.3, -0.25) is 9.82 Å². The van der Waals surface area contributed by atoms with E-state index in [4.69, 9.17) is 0 Å². The molecule has 5 nitrogen and oxygen atoms in total. The first-order valence-corrected chi connectivity index (χ1v) is 9.37. The van der Waals surface area contributed by atoms with Crippen LogP contribution in [-0.2, 0) is 10.0 Å². The number of sulfonamides is 1. The highest BCUT2D eigenvalue weighted by atomic mass is 32.2. The molecular weight excluding hydrogens is 330 g/mol. The molecule has 1 aromatic carbocycles. The first-order chi connectivity index (χ1) is 10.8. The summed E-state index contributed by atoms with van der Waals surface area (Å²) in [5, 5.41) is 7.02. The SMILES string of the molecule is Cc1ccc(NS(=O)(=O)c2ccc(-c3cc(C)[nH]n3)s2)c(C)c1. The second-order valence-corrected chi connectivity index (χ2v) is 8.47. The number of aromatic nitrogens is 2. The van der Waals surface area contributed by atoms with Crippen LogP contribution < -0.4 is 4.72 Å². The number of nitrogens with zero attached hydrogens (tertiary/aromatic N) is 1. The van der Waals surface area contributed by atoms with Crippen LogP contribution in [0, 0.1) is 20.8 Å². The van der Waals surface area contributed by atoms with Crippen molar-refractivity contribution in [2.45, 2.75) is 25.0 Å². The monoisotopic (exact) mass is 347 g/mol. The molecule has 0 aliphatic heterocycles. The maximum Gasteiger partial charge on any atom is 0.271 e. The third kappa shape index (κ3) is 3.30. The molecule has 23 heavy (non-hydrogen) atoms. The Hall–Kier alpha value is -2.12. The first-order valence-electron chi connectivity index (χ1n) is 7.07. The number of hydrogen-bond donors (Lipinski definition) is 2. The molecule has 0 aliphatic rings. The van der Waals surface area contributed by atoms with Crippen molar-refractivity contribution in [3.05, 3.63) is 53.2 Å². The number of anilines is 1. The van der Waals surface area contributed by atoms with E-state index in [0.717, 1.165) is 27.4 Å². The predicted molar refractivity (Wildman–Crippen MR) is 93.4 cm³/mol. The Morgan fingerprint density at radius 2 is 1.87 bits per heavy atom. The molecule has 0 radical (unpaired) electrons. The second kappa shape index (κ2) is 5.82. The highest BCUT2D eigenvalue weighted by Crippen LogP contribution is 2.31. The van der Waals surface area contributed by atoms with Gasteiger partial charge >= 0.3 is 0 Å². The van der Waals surface area contributed by atoms with Gasteiger partial charge in [0.1, 0.15) is 9.90 Å². The number of hydrogen-bond acceptors (Lipinski definition) is 4. The van der Waals surface area contributed by atoms with Gasteiger partial charge in [0.15, 0.2) is 0 Å². The highest BCUT2D eigenvalue weighted by Gasteiger charge is 2.19. The van der Waals surface area contributed by atoms with E-state index in [0.29, 0.717) is 5.69 Å². The van der Waals surface area contributed by atoms with Crippen LogP contribution in [-0.4, -0.2) is 18.6 Å². The highest BCUT2D eigenvalue weighted by molar-refractivity contribution is 7.94. The molecule has 2 aromatic heterocycles. The lowest BCUT2D eigenvalue weighted by Gasteiger charge is -2.09. The van der Waals surface area contributed by atoms with Gasteiger partial charge in [-0.1, -0.05) is 17.7 Å². The molecule has 2 N–H and O–H groups in total. The predicted octanol–water partition coefficient (Wildman–Crippen LogP) is 3.86. The van der Waals surface area contributed by atoms with Crippen LogP contribution in [0.5, 0.6) is 0 Å². The van der Waals surface area contributed by atoms with Crippen LogP contribution in [0.4, 0.5) is 5.69 Å². The number of nitrogens with one attached hydrogen (secondary N) is 2. The maximum atomic E-state index is 12.6. The summed E-state index contributed by atoms with van der Waals surface area (Å²) in [6.45, 7) is 5.77. The van der Waals surface area contributed by atoms with Gasteiger partial charge in [0.25, 0.3) is 10.0 Å². The number of H-pyrrole nitrogens is 1. The van der Waals surface area contributed by atoms with Crippen molar-refractivity contribution in [2.24, 2.45) is 0 Å². The maximum absolute atomic E-state index is 12.6. The Labute approximate surface area is 139 Å². The van der Waals surface area contributed by atoms with Crippen molar-refractivity contribution in [3.8, 4) is 10.6 Å². The molecule has 0 saturated heterocycles. The molecule has 0 atom stereocenters. The molecule has 0 fully saturated rings. The Balaban J connectivity index is 1.89. The third-order valence-corrected chi connectivity index (χ3v) is 6.40. The van der Waals surface area contributed by atoms with Crippen molar-refractivity contribution in [3.63, 3.8) is 0 Å².